The van der Waals surface area contributed by atoms with Crippen molar-refractivity contribution in [3.05, 3.63) is 58.8 Å². The molecule has 0 aliphatic carbocycles. The second-order valence-electron chi connectivity index (χ2n) is 5.96. The Labute approximate surface area is 180 Å². The molecular weight excluding hydrogens is 430 g/mol. The molecule has 2 aromatic heterocycles. The number of esters is 1. The van der Waals surface area contributed by atoms with Gasteiger partial charge in [0.15, 0.2) is 23.1 Å². The van der Waals surface area contributed by atoms with E-state index in [9.17, 15) is 14.4 Å². The molecule has 3 rings (SSSR count). The van der Waals surface area contributed by atoms with Crippen LogP contribution in [0.15, 0.2) is 48.1 Å². The summed E-state index contributed by atoms with van der Waals surface area (Å²) >= 11 is 7.17. The Morgan fingerprint density at radius 3 is 2.63 bits per heavy atom. The molecule has 3 aromatic rings. The van der Waals surface area contributed by atoms with Gasteiger partial charge >= 0.3 is 5.97 Å². The number of ether oxygens (including phenoxy) is 1. The van der Waals surface area contributed by atoms with Crippen LogP contribution in [0.3, 0.4) is 0 Å². The van der Waals surface area contributed by atoms with Crippen molar-refractivity contribution in [3.63, 3.8) is 0 Å². The lowest BCUT2D eigenvalue weighted by atomic mass is 10.3. The highest BCUT2D eigenvalue weighted by atomic mass is 35.5. The number of nitrogens with zero attached hydrogens (tertiary/aromatic N) is 4. The number of anilines is 1. The van der Waals surface area contributed by atoms with Crippen molar-refractivity contribution in [1.82, 2.24) is 19.9 Å². The first-order valence-corrected chi connectivity index (χ1v) is 9.88. The molecule has 9 nitrogen and oxygen atoms in total. The van der Waals surface area contributed by atoms with Crippen molar-refractivity contribution >= 4 is 46.4 Å². The van der Waals surface area contributed by atoms with Crippen LogP contribution in [0, 0.1) is 0 Å². The summed E-state index contributed by atoms with van der Waals surface area (Å²) in [6.45, 7) is -0.753. The Bertz CT molecular complexity index is 1060. The number of hydrogen-bond acceptors (Lipinski definition) is 8. The van der Waals surface area contributed by atoms with Gasteiger partial charge in [0.1, 0.15) is 0 Å². The molecule has 1 N–H and O–H groups in total. The summed E-state index contributed by atoms with van der Waals surface area (Å²) in [5, 5.41) is 4.96. The molecule has 0 bridgehead atoms. The van der Waals surface area contributed by atoms with E-state index in [0.717, 1.165) is 4.90 Å². The van der Waals surface area contributed by atoms with Crippen molar-refractivity contribution in [3.8, 4) is 10.8 Å². The molecule has 0 spiro atoms. The minimum atomic E-state index is -0.754. The van der Waals surface area contributed by atoms with Crippen molar-refractivity contribution in [2.24, 2.45) is 0 Å². The minimum absolute atomic E-state index is 0.0503. The Hall–Kier alpha value is -3.37. The molecule has 2 heterocycles. The number of carbonyl (C=O) groups excluding carboxylic acids is 3. The highest BCUT2D eigenvalue weighted by Gasteiger charge is 2.19. The summed E-state index contributed by atoms with van der Waals surface area (Å²) in [5.74, 6) is -1.34. The second kappa shape index (κ2) is 9.90. The Balaban J connectivity index is 1.49. The van der Waals surface area contributed by atoms with E-state index in [0.29, 0.717) is 21.5 Å². The summed E-state index contributed by atoms with van der Waals surface area (Å²) in [6.07, 6.45) is 3.14. The molecule has 154 valence electrons. The van der Waals surface area contributed by atoms with Crippen molar-refractivity contribution in [2.75, 3.05) is 25.5 Å². The van der Waals surface area contributed by atoms with Gasteiger partial charge in [0.2, 0.25) is 5.91 Å². The summed E-state index contributed by atoms with van der Waals surface area (Å²) in [5.41, 5.74) is 0.493. The highest BCUT2D eigenvalue weighted by molar-refractivity contribution is 7.13. The molecule has 1 aromatic carbocycles. The molecule has 0 aliphatic heterocycles. The van der Waals surface area contributed by atoms with Crippen molar-refractivity contribution in [2.45, 2.75) is 0 Å². The van der Waals surface area contributed by atoms with Gasteiger partial charge in [-0.3, -0.25) is 9.59 Å². The monoisotopic (exact) mass is 445 g/mol. The van der Waals surface area contributed by atoms with Crippen LogP contribution in [0.25, 0.3) is 10.8 Å². The molecule has 0 saturated carbocycles. The number of carbonyl (C=O) groups is 3. The standard InChI is InChI=1S/C19H16ClN5O4S/c1-25(9-15(26)23-13-6-3-2-5-12(13)20)16(27)10-29-19(28)14-11-30-18(24-14)17-21-7-4-8-22-17/h2-8,11H,9-10H2,1H3,(H,23,26). The number of hydrogen-bond donors (Lipinski definition) is 1. The molecule has 0 fully saturated rings. The molecule has 0 atom stereocenters. The highest BCUT2D eigenvalue weighted by Crippen LogP contribution is 2.21. The topological polar surface area (TPSA) is 114 Å². The quantitative estimate of drug-likeness (QED) is 0.555. The van der Waals surface area contributed by atoms with Crippen LogP contribution in [-0.2, 0) is 14.3 Å². The summed E-state index contributed by atoms with van der Waals surface area (Å²) in [7, 11) is 1.43. The molecule has 0 radical (unpaired) electrons. The van der Waals surface area contributed by atoms with E-state index < -0.39 is 24.4 Å². The van der Waals surface area contributed by atoms with E-state index in [2.05, 4.69) is 20.3 Å². The lowest BCUT2D eigenvalue weighted by Crippen LogP contribution is -2.37. The summed E-state index contributed by atoms with van der Waals surface area (Å²) in [6, 6.07) is 8.42. The Morgan fingerprint density at radius 1 is 1.17 bits per heavy atom. The van der Waals surface area contributed by atoms with Gasteiger partial charge in [-0.15, -0.1) is 11.3 Å². The van der Waals surface area contributed by atoms with E-state index in [4.69, 9.17) is 16.3 Å². The van der Waals surface area contributed by atoms with Crippen molar-refractivity contribution < 1.29 is 19.1 Å². The smallest absolute Gasteiger partial charge is 0.358 e. The SMILES string of the molecule is CN(CC(=O)Nc1ccccc1Cl)C(=O)COC(=O)c1csc(-c2ncccn2)n1. The average Bonchev–Trinajstić information content (AvgIpc) is 3.24. The fraction of sp³-hybridized carbons (Fsp3) is 0.158. The predicted molar refractivity (Wildman–Crippen MR) is 111 cm³/mol. The largest absolute Gasteiger partial charge is 0.451 e. The Kier molecular flexibility index (Phi) is 7.04. The maximum atomic E-state index is 12.2. The maximum Gasteiger partial charge on any atom is 0.358 e. The lowest BCUT2D eigenvalue weighted by molar-refractivity contribution is -0.136. The van der Waals surface area contributed by atoms with E-state index in [1.807, 2.05) is 0 Å². The molecule has 11 heteroatoms. The average molecular weight is 446 g/mol. The van der Waals surface area contributed by atoms with E-state index in [1.54, 1.807) is 42.7 Å². The number of nitrogens with one attached hydrogen (secondary N) is 1. The third kappa shape index (κ3) is 5.58. The van der Waals surface area contributed by atoms with Gasteiger partial charge in [0, 0.05) is 24.8 Å². The number of aromatic nitrogens is 3. The van der Waals surface area contributed by atoms with Crippen LogP contribution >= 0.6 is 22.9 Å². The second-order valence-corrected chi connectivity index (χ2v) is 7.23. The molecule has 0 aliphatic rings. The Morgan fingerprint density at radius 2 is 1.90 bits per heavy atom. The summed E-state index contributed by atoms with van der Waals surface area (Å²) < 4.78 is 5.00. The number of para-hydroxylation sites is 1. The van der Waals surface area contributed by atoms with Crippen LogP contribution in [0.1, 0.15) is 10.5 Å². The van der Waals surface area contributed by atoms with Gasteiger partial charge in [-0.05, 0) is 18.2 Å². The number of halogens is 1. The number of benzene rings is 1. The van der Waals surface area contributed by atoms with Gasteiger partial charge in [-0.2, -0.15) is 0 Å². The molecular formula is C19H16ClN5O4S. The lowest BCUT2D eigenvalue weighted by Gasteiger charge is -2.17. The minimum Gasteiger partial charge on any atom is -0.451 e. The third-order valence-corrected chi connectivity index (χ3v) is 4.92. The van der Waals surface area contributed by atoms with E-state index >= 15 is 0 Å². The number of likely N-dealkylation sites (N-methyl/N-ethyl adjacent to an activating group) is 1. The zero-order valence-electron chi connectivity index (χ0n) is 15.7. The molecule has 0 saturated heterocycles. The van der Waals surface area contributed by atoms with Crippen LogP contribution in [0.2, 0.25) is 5.02 Å². The first-order chi connectivity index (χ1) is 14.4. The van der Waals surface area contributed by atoms with Gasteiger partial charge in [-0.1, -0.05) is 23.7 Å². The first-order valence-electron chi connectivity index (χ1n) is 8.62. The van der Waals surface area contributed by atoms with Gasteiger partial charge < -0.3 is 15.0 Å². The zero-order chi connectivity index (χ0) is 21.5. The normalized spacial score (nSPS) is 10.3. The zero-order valence-corrected chi connectivity index (χ0v) is 17.3. The fourth-order valence-corrected chi connectivity index (χ4v) is 3.16. The van der Waals surface area contributed by atoms with Gasteiger partial charge in [0.05, 0.1) is 17.3 Å². The molecule has 30 heavy (non-hydrogen) atoms. The fourth-order valence-electron chi connectivity index (χ4n) is 2.25. The number of thiazole rings is 1. The molecule has 2 amide bonds. The number of rotatable bonds is 7. The van der Waals surface area contributed by atoms with Crippen LogP contribution in [-0.4, -0.2) is 57.8 Å². The maximum absolute atomic E-state index is 12.2. The van der Waals surface area contributed by atoms with Crippen molar-refractivity contribution in [1.29, 1.82) is 0 Å². The van der Waals surface area contributed by atoms with E-state index in [-0.39, 0.29) is 12.2 Å². The van der Waals surface area contributed by atoms with Crippen LogP contribution in [0.4, 0.5) is 5.69 Å². The number of amides is 2. The van der Waals surface area contributed by atoms with Crippen LogP contribution in [0.5, 0.6) is 0 Å². The van der Waals surface area contributed by atoms with Gasteiger partial charge in [-0.25, -0.2) is 19.7 Å². The van der Waals surface area contributed by atoms with Gasteiger partial charge in [0.25, 0.3) is 5.91 Å². The van der Waals surface area contributed by atoms with Crippen LogP contribution < -0.4 is 5.32 Å². The predicted octanol–water partition coefficient (Wildman–Crippen LogP) is 2.51. The third-order valence-electron chi connectivity index (χ3n) is 3.75. The molecule has 0 unspecified atom stereocenters. The van der Waals surface area contributed by atoms with E-state index in [1.165, 1.54) is 23.8 Å². The first kappa shape index (κ1) is 21.3. The summed E-state index contributed by atoms with van der Waals surface area (Å²) in [4.78, 5) is 49.8.